The van der Waals surface area contributed by atoms with Crippen LogP contribution in [-0.2, 0) is 20.9 Å². The van der Waals surface area contributed by atoms with E-state index in [1.807, 2.05) is 0 Å². The first-order valence-electron chi connectivity index (χ1n) is 11.0. The van der Waals surface area contributed by atoms with Gasteiger partial charge in [-0.3, -0.25) is 9.59 Å². The molecular formula is C22H29FN4O4. The highest BCUT2D eigenvalue weighted by Crippen LogP contribution is 2.21. The Labute approximate surface area is 181 Å². The Morgan fingerprint density at radius 3 is 2.45 bits per heavy atom. The van der Waals surface area contributed by atoms with Crippen molar-refractivity contribution in [2.75, 3.05) is 39.3 Å². The second-order valence-electron chi connectivity index (χ2n) is 8.39. The molecule has 3 saturated heterocycles. The van der Waals surface area contributed by atoms with E-state index in [1.54, 1.807) is 21.9 Å². The number of nitrogens with one attached hydrogen (secondary N) is 1. The van der Waals surface area contributed by atoms with E-state index in [1.165, 1.54) is 17.0 Å². The van der Waals surface area contributed by atoms with Gasteiger partial charge in [-0.25, -0.2) is 9.18 Å². The molecule has 0 radical (unpaired) electrons. The summed E-state index contributed by atoms with van der Waals surface area (Å²) in [5, 5.41) is 2.93. The number of carbonyl (C=O) groups excluding carboxylic acids is 3. The van der Waals surface area contributed by atoms with Gasteiger partial charge in [0.15, 0.2) is 0 Å². The van der Waals surface area contributed by atoms with Crippen molar-refractivity contribution in [3.63, 3.8) is 0 Å². The van der Waals surface area contributed by atoms with E-state index < -0.39 is 11.8 Å². The van der Waals surface area contributed by atoms with Crippen LogP contribution in [-0.4, -0.2) is 84.0 Å². The van der Waals surface area contributed by atoms with Crippen molar-refractivity contribution in [1.82, 2.24) is 20.0 Å². The van der Waals surface area contributed by atoms with Gasteiger partial charge in [0, 0.05) is 51.9 Å². The van der Waals surface area contributed by atoms with Crippen molar-refractivity contribution in [2.24, 2.45) is 0 Å². The van der Waals surface area contributed by atoms with E-state index in [-0.39, 0.29) is 24.0 Å². The Balaban J connectivity index is 1.24. The smallest absolute Gasteiger partial charge is 0.317 e. The molecule has 8 nitrogen and oxygen atoms in total. The molecule has 0 aromatic heterocycles. The highest BCUT2D eigenvalue weighted by atomic mass is 19.1. The molecule has 4 rings (SSSR count). The molecular weight excluding hydrogens is 403 g/mol. The van der Waals surface area contributed by atoms with Crippen LogP contribution in [0.4, 0.5) is 9.18 Å². The molecule has 168 valence electrons. The van der Waals surface area contributed by atoms with Crippen LogP contribution in [0.1, 0.15) is 31.2 Å². The van der Waals surface area contributed by atoms with Crippen LogP contribution in [0.25, 0.3) is 0 Å². The lowest BCUT2D eigenvalue weighted by atomic mass is 10.0. The first kappa shape index (κ1) is 21.5. The van der Waals surface area contributed by atoms with Gasteiger partial charge in [-0.15, -0.1) is 0 Å². The van der Waals surface area contributed by atoms with E-state index in [9.17, 15) is 18.8 Å². The fourth-order valence-corrected chi connectivity index (χ4v) is 4.50. The summed E-state index contributed by atoms with van der Waals surface area (Å²) < 4.78 is 18.6. The minimum absolute atomic E-state index is 0.0355. The minimum Gasteiger partial charge on any atom is -0.376 e. The molecule has 3 aliphatic heterocycles. The third kappa shape index (κ3) is 5.15. The van der Waals surface area contributed by atoms with Crippen molar-refractivity contribution in [3.05, 3.63) is 35.6 Å². The quantitative estimate of drug-likeness (QED) is 0.713. The second kappa shape index (κ2) is 9.64. The molecule has 0 aliphatic carbocycles. The van der Waals surface area contributed by atoms with Gasteiger partial charge in [0.05, 0.1) is 6.10 Å². The number of piperidine rings is 1. The topological polar surface area (TPSA) is 82.2 Å². The summed E-state index contributed by atoms with van der Waals surface area (Å²) in [5.41, 5.74) is 0.790. The van der Waals surface area contributed by atoms with Gasteiger partial charge >= 0.3 is 17.8 Å². The van der Waals surface area contributed by atoms with Crippen molar-refractivity contribution in [2.45, 2.75) is 44.4 Å². The van der Waals surface area contributed by atoms with E-state index in [0.29, 0.717) is 52.1 Å². The van der Waals surface area contributed by atoms with Crippen LogP contribution in [0.15, 0.2) is 24.3 Å². The van der Waals surface area contributed by atoms with Crippen molar-refractivity contribution in [1.29, 1.82) is 0 Å². The molecule has 3 aliphatic rings. The summed E-state index contributed by atoms with van der Waals surface area (Å²) in [4.78, 5) is 42.6. The average molecular weight is 432 g/mol. The van der Waals surface area contributed by atoms with Gasteiger partial charge < -0.3 is 24.8 Å². The van der Waals surface area contributed by atoms with E-state index in [4.69, 9.17) is 4.74 Å². The summed E-state index contributed by atoms with van der Waals surface area (Å²) in [6.45, 7) is 3.61. The Morgan fingerprint density at radius 2 is 1.77 bits per heavy atom. The number of halogens is 1. The Morgan fingerprint density at radius 1 is 1.03 bits per heavy atom. The monoisotopic (exact) mass is 432 g/mol. The van der Waals surface area contributed by atoms with E-state index >= 15 is 0 Å². The van der Waals surface area contributed by atoms with Crippen molar-refractivity contribution < 1.29 is 23.5 Å². The molecule has 9 heteroatoms. The number of hydrogen-bond donors (Lipinski definition) is 1. The summed E-state index contributed by atoms with van der Waals surface area (Å²) in [5.74, 6) is -1.34. The SMILES string of the molecule is O=C(NC[C@H]1CCCO1)N1CCC(N2CCN(Cc3ccc(F)cc3)C(=O)C2=O)CC1. The van der Waals surface area contributed by atoms with Gasteiger partial charge in [0.1, 0.15) is 5.82 Å². The molecule has 31 heavy (non-hydrogen) atoms. The fourth-order valence-electron chi connectivity index (χ4n) is 4.50. The maximum Gasteiger partial charge on any atom is 0.317 e. The molecule has 1 atom stereocenters. The largest absolute Gasteiger partial charge is 0.376 e. The van der Waals surface area contributed by atoms with Gasteiger partial charge in [-0.2, -0.15) is 0 Å². The molecule has 0 spiro atoms. The number of rotatable bonds is 5. The number of carbonyl (C=O) groups is 3. The Hall–Kier alpha value is -2.68. The number of ether oxygens (including phenoxy) is 1. The summed E-state index contributed by atoms with van der Waals surface area (Å²) >= 11 is 0. The van der Waals surface area contributed by atoms with Crippen molar-refractivity contribution >= 4 is 17.8 Å². The van der Waals surface area contributed by atoms with Crippen LogP contribution < -0.4 is 5.32 Å². The maximum atomic E-state index is 13.1. The lowest BCUT2D eigenvalue weighted by Crippen LogP contribution is -2.59. The van der Waals surface area contributed by atoms with Gasteiger partial charge in [0.2, 0.25) is 0 Å². The number of likely N-dealkylation sites (tertiary alicyclic amines) is 1. The third-order valence-electron chi connectivity index (χ3n) is 6.33. The van der Waals surface area contributed by atoms with Crippen LogP contribution in [0.5, 0.6) is 0 Å². The van der Waals surface area contributed by atoms with Crippen LogP contribution >= 0.6 is 0 Å². The van der Waals surface area contributed by atoms with Crippen molar-refractivity contribution in [3.8, 4) is 0 Å². The molecule has 1 aromatic carbocycles. The number of piperazine rings is 1. The maximum absolute atomic E-state index is 13.1. The number of benzene rings is 1. The normalized spacial score (nSPS) is 22.9. The minimum atomic E-state index is -0.521. The zero-order valence-corrected chi connectivity index (χ0v) is 17.6. The number of nitrogens with zero attached hydrogens (tertiary/aromatic N) is 3. The Bertz CT molecular complexity index is 804. The standard InChI is InChI=1S/C22H29FN4O4/c23-17-5-3-16(4-6-17)15-26-11-12-27(21(29)20(26)28)18-7-9-25(10-8-18)22(30)24-14-19-2-1-13-31-19/h3-6,18-19H,1-2,7-15H2,(H,24,30)/t19-/m1/s1. The molecule has 1 aromatic rings. The zero-order chi connectivity index (χ0) is 21.8. The molecule has 3 heterocycles. The van der Waals surface area contributed by atoms with E-state index in [2.05, 4.69) is 5.32 Å². The molecule has 3 fully saturated rings. The lowest BCUT2D eigenvalue weighted by molar-refractivity contribution is -0.158. The third-order valence-corrected chi connectivity index (χ3v) is 6.33. The highest BCUT2D eigenvalue weighted by Gasteiger charge is 2.38. The zero-order valence-electron chi connectivity index (χ0n) is 17.6. The summed E-state index contributed by atoms with van der Waals surface area (Å²) in [6, 6.07) is 5.82. The van der Waals surface area contributed by atoms with E-state index in [0.717, 1.165) is 25.0 Å². The molecule has 0 unspecified atom stereocenters. The average Bonchev–Trinajstić information content (AvgIpc) is 3.31. The molecule has 0 bridgehead atoms. The molecule has 0 saturated carbocycles. The first-order valence-corrected chi connectivity index (χ1v) is 11.0. The van der Waals surface area contributed by atoms with Gasteiger partial charge in [-0.05, 0) is 43.4 Å². The fraction of sp³-hybridized carbons (Fsp3) is 0.591. The van der Waals surface area contributed by atoms with Crippen LogP contribution in [0.3, 0.4) is 0 Å². The Kier molecular flexibility index (Phi) is 6.70. The number of urea groups is 1. The lowest BCUT2D eigenvalue weighted by Gasteiger charge is -2.42. The highest BCUT2D eigenvalue weighted by molar-refractivity contribution is 6.35. The van der Waals surface area contributed by atoms with Gasteiger partial charge in [0.25, 0.3) is 0 Å². The predicted molar refractivity (Wildman–Crippen MR) is 110 cm³/mol. The van der Waals surface area contributed by atoms with Gasteiger partial charge in [-0.1, -0.05) is 12.1 Å². The van der Waals surface area contributed by atoms with Crippen LogP contribution in [0.2, 0.25) is 0 Å². The molecule has 1 N–H and O–H groups in total. The predicted octanol–water partition coefficient (Wildman–Crippen LogP) is 1.35. The summed E-state index contributed by atoms with van der Waals surface area (Å²) in [6.07, 6.45) is 3.44. The molecule has 4 amide bonds. The second-order valence-corrected chi connectivity index (χ2v) is 8.39. The number of amides is 4. The van der Waals surface area contributed by atoms with Crippen LogP contribution in [0, 0.1) is 5.82 Å². The first-order chi connectivity index (χ1) is 15.0. The number of hydrogen-bond acceptors (Lipinski definition) is 4. The summed E-state index contributed by atoms with van der Waals surface area (Å²) in [7, 11) is 0.